The van der Waals surface area contributed by atoms with E-state index in [0.29, 0.717) is 28.4 Å². The van der Waals surface area contributed by atoms with Gasteiger partial charge in [-0.1, -0.05) is 35.3 Å². The van der Waals surface area contributed by atoms with Crippen molar-refractivity contribution in [3.8, 4) is 11.5 Å². The van der Waals surface area contributed by atoms with Crippen molar-refractivity contribution in [2.45, 2.75) is 23.1 Å². The Morgan fingerprint density at radius 2 is 1.58 bits per heavy atom. The predicted octanol–water partition coefficient (Wildman–Crippen LogP) is 5.90. The van der Waals surface area contributed by atoms with E-state index >= 15 is 0 Å². The summed E-state index contributed by atoms with van der Waals surface area (Å²) in [6.45, 7) is 1.33. The fraction of sp³-hybridized carbons (Fsp3) is 0.194. The lowest BCUT2D eigenvalue weighted by atomic mass is 10.1. The number of methoxy groups -OCH3 is 2. The highest BCUT2D eigenvalue weighted by Crippen LogP contribution is 2.37. The monoisotopic (exact) mass is 689 g/mol. The minimum absolute atomic E-state index is 0.0831. The molecule has 5 rings (SSSR count). The standard InChI is InChI=1S/C31H29Cl2N3O7S2/c1-20-4-12-29(43-3)30(16-20)45(40,41)36(24-9-13-28(42-2)26(33)18-24)19-31(37)34-23-8-5-21-14-15-35(27(21)17-23)44(38,39)25-10-6-22(32)7-11-25/h4-13,16-18H,14-15,19H2,1-3H3,(H,34,37). The van der Waals surface area contributed by atoms with E-state index in [2.05, 4.69) is 5.32 Å². The molecule has 0 saturated heterocycles. The van der Waals surface area contributed by atoms with E-state index in [0.717, 1.165) is 9.87 Å². The maximum absolute atomic E-state index is 14.1. The molecule has 1 aliphatic heterocycles. The number of sulfonamides is 2. The Morgan fingerprint density at radius 1 is 0.889 bits per heavy atom. The molecule has 0 bridgehead atoms. The normalized spacial score (nSPS) is 12.9. The van der Waals surface area contributed by atoms with E-state index in [-0.39, 0.29) is 38.5 Å². The van der Waals surface area contributed by atoms with E-state index in [1.807, 2.05) is 0 Å². The lowest BCUT2D eigenvalue weighted by Crippen LogP contribution is -2.38. The molecule has 0 radical (unpaired) electrons. The summed E-state index contributed by atoms with van der Waals surface area (Å²) in [5.74, 6) is -0.250. The summed E-state index contributed by atoms with van der Waals surface area (Å²) in [7, 11) is -5.48. The van der Waals surface area contributed by atoms with Crippen molar-refractivity contribution in [3.05, 3.63) is 100 Å². The van der Waals surface area contributed by atoms with E-state index in [4.69, 9.17) is 32.7 Å². The number of amides is 1. The summed E-state index contributed by atoms with van der Waals surface area (Å²) in [5.41, 5.74) is 2.28. The second-order valence-corrected chi connectivity index (χ2v) is 14.7. The topological polar surface area (TPSA) is 122 Å². The number of ether oxygens (including phenoxy) is 2. The molecule has 0 spiro atoms. The van der Waals surface area contributed by atoms with Gasteiger partial charge in [0, 0.05) is 17.3 Å². The van der Waals surface area contributed by atoms with Gasteiger partial charge in [0.1, 0.15) is 22.9 Å². The fourth-order valence-corrected chi connectivity index (χ4v) is 8.50. The molecule has 4 aromatic rings. The van der Waals surface area contributed by atoms with Crippen molar-refractivity contribution in [2.75, 3.05) is 41.2 Å². The molecule has 1 aliphatic rings. The van der Waals surface area contributed by atoms with Gasteiger partial charge >= 0.3 is 0 Å². The average molecular weight is 691 g/mol. The van der Waals surface area contributed by atoms with Crippen LogP contribution in [-0.4, -0.2) is 50.1 Å². The van der Waals surface area contributed by atoms with Gasteiger partial charge in [0.05, 0.1) is 35.5 Å². The van der Waals surface area contributed by atoms with Gasteiger partial charge in [-0.15, -0.1) is 0 Å². The minimum Gasteiger partial charge on any atom is -0.495 e. The number of halogens is 2. The summed E-state index contributed by atoms with van der Waals surface area (Å²) < 4.78 is 67.8. The summed E-state index contributed by atoms with van der Waals surface area (Å²) >= 11 is 12.3. The van der Waals surface area contributed by atoms with Gasteiger partial charge in [-0.25, -0.2) is 16.8 Å². The van der Waals surface area contributed by atoms with Crippen LogP contribution in [0.2, 0.25) is 10.0 Å². The molecule has 0 aromatic heterocycles. The van der Waals surface area contributed by atoms with Crippen LogP contribution in [0.25, 0.3) is 0 Å². The van der Waals surface area contributed by atoms with Crippen LogP contribution < -0.4 is 23.4 Å². The summed E-state index contributed by atoms with van der Waals surface area (Å²) in [6, 6.07) is 19.9. The van der Waals surface area contributed by atoms with Gasteiger partial charge in [0.2, 0.25) is 5.91 Å². The highest BCUT2D eigenvalue weighted by molar-refractivity contribution is 7.93. The number of fused-ring (bicyclic) bond motifs is 1. The molecule has 1 amide bonds. The number of carbonyl (C=O) groups is 1. The Morgan fingerprint density at radius 3 is 2.24 bits per heavy atom. The van der Waals surface area contributed by atoms with Crippen LogP contribution in [0.5, 0.6) is 11.5 Å². The number of hydrogen-bond acceptors (Lipinski definition) is 7. The highest BCUT2D eigenvalue weighted by Gasteiger charge is 2.33. The number of aryl methyl sites for hydroxylation is 1. The number of anilines is 3. The molecule has 0 fully saturated rings. The summed E-state index contributed by atoms with van der Waals surface area (Å²) in [6.07, 6.45) is 0.485. The lowest BCUT2D eigenvalue weighted by Gasteiger charge is -2.26. The Kier molecular flexibility index (Phi) is 9.22. The molecule has 45 heavy (non-hydrogen) atoms. The van der Waals surface area contributed by atoms with E-state index in [9.17, 15) is 21.6 Å². The van der Waals surface area contributed by atoms with E-state index < -0.39 is 32.5 Å². The van der Waals surface area contributed by atoms with Crippen LogP contribution in [-0.2, 0) is 31.3 Å². The SMILES string of the molecule is COc1ccc(N(CC(=O)Nc2ccc3c(c2)N(S(=O)(=O)c2ccc(Cl)cc2)CC3)S(=O)(=O)c2cc(C)ccc2OC)cc1Cl. The highest BCUT2D eigenvalue weighted by atomic mass is 35.5. The third-order valence-electron chi connectivity index (χ3n) is 7.22. The van der Waals surface area contributed by atoms with Crippen LogP contribution in [0.1, 0.15) is 11.1 Å². The minimum atomic E-state index is -4.36. The quantitative estimate of drug-likeness (QED) is 0.220. The van der Waals surface area contributed by atoms with Crippen LogP contribution in [0.15, 0.2) is 88.7 Å². The molecule has 1 heterocycles. The molecular weight excluding hydrogens is 661 g/mol. The van der Waals surface area contributed by atoms with Crippen molar-refractivity contribution in [1.29, 1.82) is 0 Å². The molecule has 10 nitrogen and oxygen atoms in total. The first-order valence-corrected chi connectivity index (χ1v) is 17.2. The maximum Gasteiger partial charge on any atom is 0.268 e. The van der Waals surface area contributed by atoms with Crippen molar-refractivity contribution in [3.63, 3.8) is 0 Å². The Hall–Kier alpha value is -3.97. The zero-order chi connectivity index (χ0) is 32.5. The smallest absolute Gasteiger partial charge is 0.268 e. The fourth-order valence-electron chi connectivity index (χ4n) is 4.97. The zero-order valence-corrected chi connectivity index (χ0v) is 27.6. The molecule has 0 atom stereocenters. The molecule has 0 unspecified atom stereocenters. The van der Waals surface area contributed by atoms with E-state index in [1.165, 1.54) is 73.1 Å². The summed E-state index contributed by atoms with van der Waals surface area (Å²) in [4.78, 5) is 13.4. The van der Waals surface area contributed by atoms with Gasteiger partial charge in [0.25, 0.3) is 20.0 Å². The number of nitrogens with zero attached hydrogens (tertiary/aromatic N) is 2. The lowest BCUT2D eigenvalue weighted by molar-refractivity contribution is -0.114. The molecule has 1 N–H and O–H groups in total. The Bertz CT molecular complexity index is 1990. The maximum atomic E-state index is 14.1. The van der Waals surface area contributed by atoms with Crippen LogP contribution >= 0.6 is 23.2 Å². The second kappa shape index (κ2) is 12.8. The molecule has 14 heteroatoms. The first kappa shape index (κ1) is 32.4. The number of rotatable bonds is 10. The number of benzene rings is 4. The van der Waals surface area contributed by atoms with Gasteiger partial charge in [-0.2, -0.15) is 0 Å². The first-order chi connectivity index (χ1) is 21.3. The molecular formula is C31H29Cl2N3O7S2. The van der Waals surface area contributed by atoms with Gasteiger partial charge < -0.3 is 14.8 Å². The zero-order valence-electron chi connectivity index (χ0n) is 24.5. The number of carbonyl (C=O) groups excluding carboxylic acids is 1. The summed E-state index contributed by atoms with van der Waals surface area (Å²) in [5, 5.41) is 3.28. The van der Waals surface area contributed by atoms with Gasteiger partial charge in [-0.05, 0) is 91.2 Å². The number of hydrogen-bond donors (Lipinski definition) is 1. The number of nitrogens with one attached hydrogen (secondary N) is 1. The van der Waals surface area contributed by atoms with Crippen molar-refractivity contribution in [1.82, 2.24) is 0 Å². The molecule has 0 saturated carbocycles. The Labute approximate surface area is 272 Å². The third kappa shape index (κ3) is 6.55. The van der Waals surface area contributed by atoms with Crippen molar-refractivity contribution >= 4 is 66.2 Å². The van der Waals surface area contributed by atoms with Gasteiger partial charge in [0.15, 0.2) is 0 Å². The molecule has 236 valence electrons. The van der Waals surface area contributed by atoms with E-state index in [1.54, 1.807) is 31.2 Å². The predicted molar refractivity (Wildman–Crippen MR) is 175 cm³/mol. The molecule has 0 aliphatic carbocycles. The van der Waals surface area contributed by atoms with Gasteiger partial charge in [-0.3, -0.25) is 13.4 Å². The second-order valence-electron chi connectivity index (χ2n) is 10.2. The van der Waals surface area contributed by atoms with Crippen LogP contribution in [0.4, 0.5) is 17.1 Å². The Balaban J connectivity index is 1.47. The van der Waals surface area contributed by atoms with Crippen LogP contribution in [0.3, 0.4) is 0 Å². The average Bonchev–Trinajstić information content (AvgIpc) is 3.44. The van der Waals surface area contributed by atoms with Crippen molar-refractivity contribution in [2.24, 2.45) is 0 Å². The largest absolute Gasteiger partial charge is 0.495 e. The van der Waals surface area contributed by atoms with Crippen molar-refractivity contribution < 1.29 is 31.1 Å². The van der Waals surface area contributed by atoms with Crippen LogP contribution in [0, 0.1) is 6.92 Å². The molecule has 4 aromatic carbocycles. The first-order valence-electron chi connectivity index (χ1n) is 13.6. The third-order valence-corrected chi connectivity index (χ3v) is 11.4.